The lowest BCUT2D eigenvalue weighted by molar-refractivity contribution is 0.199. The normalized spacial score (nSPS) is 13.3. The topological polar surface area (TPSA) is 33.1 Å². The highest BCUT2D eigenvalue weighted by molar-refractivity contribution is 6.30. The van der Waals surface area contributed by atoms with Crippen molar-refractivity contribution in [3.8, 4) is 0 Å². The van der Waals surface area contributed by atoms with Crippen LogP contribution in [0.25, 0.3) is 10.9 Å². The van der Waals surface area contributed by atoms with Crippen LogP contribution >= 0.6 is 11.6 Å². The highest BCUT2D eigenvalue weighted by atomic mass is 35.5. The third-order valence-corrected chi connectivity index (χ3v) is 3.24. The van der Waals surface area contributed by atoms with Gasteiger partial charge in [-0.15, -0.1) is 0 Å². The molecule has 2 nitrogen and oxygen atoms in total. The van der Waals surface area contributed by atoms with Gasteiger partial charge >= 0.3 is 0 Å². The minimum Gasteiger partial charge on any atom is -0.389 e. The predicted octanol–water partition coefficient (Wildman–Crippen LogP) is 4.06. The fourth-order valence-electron chi connectivity index (χ4n) is 1.84. The monoisotopic (exact) mass is 249 g/mol. The Kier molecular flexibility index (Phi) is 3.36. The number of hydrogen-bond acceptors (Lipinski definition) is 2. The Morgan fingerprint density at radius 1 is 1.18 bits per heavy atom. The van der Waals surface area contributed by atoms with E-state index in [1.54, 1.807) is 6.92 Å². The van der Waals surface area contributed by atoms with E-state index in [9.17, 15) is 5.11 Å². The standard InChI is InChI=1S/C14H16ClNO/c1-8(2)10-4-5-13-11(6-10)7-12(9(3)17)14(15)16-13/h4-9,17H,1-3H3. The molecule has 1 N–H and O–H groups in total. The number of halogens is 1. The van der Waals surface area contributed by atoms with Gasteiger partial charge in [-0.25, -0.2) is 4.98 Å². The first-order valence-corrected chi connectivity index (χ1v) is 6.15. The van der Waals surface area contributed by atoms with Crippen LogP contribution in [0.3, 0.4) is 0 Å². The molecular formula is C14H16ClNO. The molecule has 0 radical (unpaired) electrons. The minimum atomic E-state index is -0.595. The summed E-state index contributed by atoms with van der Waals surface area (Å²) in [4.78, 5) is 4.30. The van der Waals surface area contributed by atoms with Crippen LogP contribution in [0.2, 0.25) is 5.15 Å². The number of rotatable bonds is 2. The quantitative estimate of drug-likeness (QED) is 0.814. The fourth-order valence-corrected chi connectivity index (χ4v) is 2.14. The maximum absolute atomic E-state index is 9.62. The summed E-state index contributed by atoms with van der Waals surface area (Å²) in [6.07, 6.45) is -0.595. The predicted molar refractivity (Wildman–Crippen MR) is 71.5 cm³/mol. The molecule has 1 aromatic heterocycles. The number of nitrogens with zero attached hydrogens (tertiary/aromatic N) is 1. The molecule has 90 valence electrons. The van der Waals surface area contributed by atoms with E-state index >= 15 is 0 Å². The Hall–Kier alpha value is -1.12. The van der Waals surface area contributed by atoms with E-state index in [1.165, 1.54) is 5.56 Å². The number of aliphatic hydroxyl groups is 1. The molecule has 0 spiro atoms. The Morgan fingerprint density at radius 3 is 2.47 bits per heavy atom. The summed E-state index contributed by atoms with van der Waals surface area (Å²) in [6.45, 7) is 6.00. The van der Waals surface area contributed by atoms with Crippen LogP contribution < -0.4 is 0 Å². The van der Waals surface area contributed by atoms with Crippen molar-refractivity contribution in [3.05, 3.63) is 40.5 Å². The molecule has 0 bridgehead atoms. The SMILES string of the molecule is CC(C)c1ccc2nc(Cl)c(C(C)O)cc2c1. The number of pyridine rings is 1. The zero-order valence-corrected chi connectivity index (χ0v) is 11.0. The van der Waals surface area contributed by atoms with Gasteiger partial charge in [-0.1, -0.05) is 31.5 Å². The smallest absolute Gasteiger partial charge is 0.135 e. The molecule has 17 heavy (non-hydrogen) atoms. The number of aromatic nitrogens is 1. The molecule has 0 saturated heterocycles. The Balaban J connectivity index is 2.64. The zero-order valence-electron chi connectivity index (χ0n) is 10.2. The van der Waals surface area contributed by atoms with E-state index in [-0.39, 0.29) is 0 Å². The molecule has 2 rings (SSSR count). The van der Waals surface area contributed by atoms with Gasteiger partial charge in [-0.2, -0.15) is 0 Å². The second-order valence-corrected chi connectivity index (χ2v) is 5.01. The summed E-state index contributed by atoms with van der Waals surface area (Å²) < 4.78 is 0. The van der Waals surface area contributed by atoms with Crippen LogP contribution in [0.15, 0.2) is 24.3 Å². The number of fused-ring (bicyclic) bond motifs is 1. The molecular weight excluding hydrogens is 234 g/mol. The van der Waals surface area contributed by atoms with E-state index in [0.29, 0.717) is 16.6 Å². The van der Waals surface area contributed by atoms with Gasteiger partial charge in [0.1, 0.15) is 5.15 Å². The van der Waals surface area contributed by atoms with Crippen molar-refractivity contribution in [3.63, 3.8) is 0 Å². The maximum atomic E-state index is 9.62. The highest BCUT2D eigenvalue weighted by Crippen LogP contribution is 2.27. The molecule has 0 aliphatic carbocycles. The largest absolute Gasteiger partial charge is 0.389 e. The zero-order chi connectivity index (χ0) is 12.6. The van der Waals surface area contributed by atoms with E-state index in [2.05, 4.69) is 31.0 Å². The van der Waals surface area contributed by atoms with Gasteiger partial charge in [-0.05, 0) is 36.6 Å². The molecule has 0 fully saturated rings. The van der Waals surface area contributed by atoms with Crippen molar-refractivity contribution in [1.29, 1.82) is 0 Å². The van der Waals surface area contributed by atoms with Crippen LogP contribution in [0, 0.1) is 0 Å². The average Bonchev–Trinajstić information content (AvgIpc) is 2.27. The number of hydrogen-bond donors (Lipinski definition) is 1. The first-order valence-electron chi connectivity index (χ1n) is 5.77. The summed E-state index contributed by atoms with van der Waals surface area (Å²) >= 11 is 6.03. The van der Waals surface area contributed by atoms with Gasteiger partial charge in [0.2, 0.25) is 0 Å². The Bertz CT molecular complexity index is 549. The van der Waals surface area contributed by atoms with Gasteiger partial charge < -0.3 is 5.11 Å². The maximum Gasteiger partial charge on any atom is 0.135 e. The molecule has 0 aliphatic heterocycles. The van der Waals surface area contributed by atoms with Crippen LogP contribution in [-0.4, -0.2) is 10.1 Å². The van der Waals surface area contributed by atoms with Crippen molar-refractivity contribution in [2.75, 3.05) is 0 Å². The summed E-state index contributed by atoms with van der Waals surface area (Å²) in [7, 11) is 0. The minimum absolute atomic E-state index is 0.379. The molecule has 1 atom stereocenters. The molecule has 0 saturated carbocycles. The summed E-state index contributed by atoms with van der Waals surface area (Å²) in [6, 6.07) is 8.07. The molecule has 3 heteroatoms. The van der Waals surface area contributed by atoms with Crippen LogP contribution in [0.4, 0.5) is 0 Å². The summed E-state index contributed by atoms with van der Waals surface area (Å²) in [5.74, 6) is 0.477. The van der Waals surface area contributed by atoms with Crippen molar-refractivity contribution in [2.45, 2.75) is 32.8 Å². The Labute approximate surface area is 106 Å². The molecule has 0 amide bonds. The molecule has 1 aromatic carbocycles. The van der Waals surface area contributed by atoms with Crippen LogP contribution in [-0.2, 0) is 0 Å². The van der Waals surface area contributed by atoms with Gasteiger partial charge in [0, 0.05) is 10.9 Å². The highest BCUT2D eigenvalue weighted by Gasteiger charge is 2.10. The van der Waals surface area contributed by atoms with Crippen molar-refractivity contribution in [2.24, 2.45) is 0 Å². The second-order valence-electron chi connectivity index (χ2n) is 4.65. The first kappa shape index (κ1) is 12.3. The lowest BCUT2D eigenvalue weighted by Crippen LogP contribution is -1.96. The van der Waals surface area contributed by atoms with Crippen LogP contribution in [0.1, 0.15) is 43.9 Å². The third kappa shape index (κ3) is 2.43. The molecule has 1 unspecified atom stereocenters. The number of aliphatic hydroxyl groups excluding tert-OH is 1. The van der Waals surface area contributed by atoms with Crippen molar-refractivity contribution in [1.82, 2.24) is 4.98 Å². The first-order chi connectivity index (χ1) is 7.99. The fraction of sp³-hybridized carbons (Fsp3) is 0.357. The number of benzene rings is 1. The van der Waals surface area contributed by atoms with Crippen LogP contribution in [0.5, 0.6) is 0 Å². The van der Waals surface area contributed by atoms with Gasteiger partial charge in [-0.3, -0.25) is 0 Å². The van der Waals surface area contributed by atoms with E-state index < -0.39 is 6.10 Å². The van der Waals surface area contributed by atoms with Crippen molar-refractivity contribution >= 4 is 22.5 Å². The van der Waals surface area contributed by atoms with E-state index in [4.69, 9.17) is 11.6 Å². The lowest BCUT2D eigenvalue weighted by atomic mass is 10.00. The average molecular weight is 250 g/mol. The van der Waals surface area contributed by atoms with E-state index in [0.717, 1.165) is 10.9 Å². The summed E-state index contributed by atoms with van der Waals surface area (Å²) in [5.41, 5.74) is 2.81. The second kappa shape index (κ2) is 4.63. The third-order valence-electron chi connectivity index (χ3n) is 2.94. The summed E-state index contributed by atoms with van der Waals surface area (Å²) in [5, 5.41) is 11.0. The van der Waals surface area contributed by atoms with Crippen molar-refractivity contribution < 1.29 is 5.11 Å². The lowest BCUT2D eigenvalue weighted by Gasteiger charge is -2.10. The van der Waals surface area contributed by atoms with Gasteiger partial charge in [0.05, 0.1) is 11.6 Å². The molecule has 1 heterocycles. The molecule has 2 aromatic rings. The Morgan fingerprint density at radius 2 is 1.88 bits per heavy atom. The van der Waals surface area contributed by atoms with Gasteiger partial charge in [0.25, 0.3) is 0 Å². The van der Waals surface area contributed by atoms with Gasteiger partial charge in [0.15, 0.2) is 0 Å². The van der Waals surface area contributed by atoms with E-state index in [1.807, 2.05) is 12.1 Å². The molecule has 0 aliphatic rings.